The fraction of sp³-hybridized carbons (Fsp3) is 0.833. The zero-order chi connectivity index (χ0) is 37.8. The number of halogens is 1. The van der Waals surface area contributed by atoms with Crippen molar-refractivity contribution in [2.75, 3.05) is 27.2 Å². The molecule has 2 aliphatic heterocycles. The van der Waals surface area contributed by atoms with Gasteiger partial charge in [0.15, 0.2) is 6.29 Å². The lowest BCUT2D eigenvalue weighted by molar-refractivity contribution is -0.304. The van der Waals surface area contributed by atoms with E-state index in [9.17, 15) is 30.3 Å². The molecule has 0 spiro atoms. The number of aliphatic hydroxyl groups is 5. The smallest absolute Gasteiger partial charge is 0.312 e. The normalized spacial score (nSPS) is 42.8. The molecule has 0 saturated carbocycles. The van der Waals surface area contributed by atoms with Crippen molar-refractivity contribution in [2.24, 2.45) is 17.8 Å². The molecule has 0 aromatic carbocycles. The first-order valence-corrected chi connectivity index (χ1v) is 18.3. The summed E-state index contributed by atoms with van der Waals surface area (Å²) >= 11 is 6.11. The van der Waals surface area contributed by atoms with Gasteiger partial charge in [-0.2, -0.15) is 0 Å². The number of aliphatic hydroxyl groups excluding tert-OH is 2. The summed E-state index contributed by atoms with van der Waals surface area (Å²) in [4.78, 5) is 20.0. The first-order valence-electron chi connectivity index (χ1n) is 17.9. The van der Waals surface area contributed by atoms with Crippen LogP contribution in [-0.2, 0) is 25.5 Å². The summed E-state index contributed by atoms with van der Waals surface area (Å²) in [5, 5.41) is 66.2. The fourth-order valence-electron chi connectivity index (χ4n) is 7.68. The van der Waals surface area contributed by atoms with E-state index in [1.807, 2.05) is 32.8 Å². The lowest BCUT2D eigenvalue weighted by Crippen LogP contribution is -2.64. The third kappa shape index (κ3) is 10.1. The van der Waals surface area contributed by atoms with Crippen molar-refractivity contribution in [1.29, 1.82) is 0 Å². The number of cyclic esters (lactones) is 1. The minimum Gasteiger partial charge on any atom is -0.459 e. The molecule has 14 heteroatoms. The van der Waals surface area contributed by atoms with Crippen molar-refractivity contribution in [3.05, 3.63) is 29.0 Å². The largest absolute Gasteiger partial charge is 0.459 e. The van der Waals surface area contributed by atoms with Gasteiger partial charge in [-0.15, -0.1) is 0 Å². The van der Waals surface area contributed by atoms with Crippen molar-refractivity contribution in [3.63, 3.8) is 0 Å². The number of rotatable bonds is 8. The average Bonchev–Trinajstić information content (AvgIpc) is 3.03. The minimum atomic E-state index is -1.92. The number of likely N-dealkylation sites (N-methyl/N-ethyl adjacent to an activating group) is 1. The number of esters is 1. The second-order valence-electron chi connectivity index (χ2n) is 15.6. The number of ether oxygens (including phenoxy) is 3. The molecular weight excluding hydrogens is 668 g/mol. The molecule has 13 nitrogen and oxygen atoms in total. The molecule has 7 N–H and O–H groups in total. The Kier molecular flexibility index (Phi) is 15.1. The van der Waals surface area contributed by atoms with Crippen LogP contribution in [0.1, 0.15) is 80.2 Å². The van der Waals surface area contributed by atoms with Crippen LogP contribution in [0.3, 0.4) is 0 Å². The molecule has 1 unspecified atom stereocenters. The fourth-order valence-corrected chi connectivity index (χ4v) is 7.88. The molecule has 2 fully saturated rings. The number of nitrogens with zero attached hydrogens (tertiary/aromatic N) is 2. The maximum atomic E-state index is 14.0. The first kappa shape index (κ1) is 42.9. The third-order valence-corrected chi connectivity index (χ3v) is 11.2. The second kappa shape index (κ2) is 17.6. The SMILES string of the molecule is CC[C@H]1OC(=O)C(C)[C@@](O)(CNCc2ccnc(Cl)c2)[C@H](C)[C@@H](O[C@@H]2O[C@H](C)C[C@H](N(C)C)[C@H]2O)[C@@](C)(O)C[C@@H](C)CN[C@H](C)[C@@H](O)[C@]1(C)O. The Hall–Kier alpha value is -1.49. The summed E-state index contributed by atoms with van der Waals surface area (Å²) in [6, 6.07) is 2.57. The van der Waals surface area contributed by atoms with Gasteiger partial charge >= 0.3 is 5.97 Å². The molecule has 50 heavy (non-hydrogen) atoms. The quantitative estimate of drug-likeness (QED) is 0.152. The second-order valence-corrected chi connectivity index (χ2v) is 16.0. The van der Waals surface area contributed by atoms with Gasteiger partial charge in [0, 0.05) is 37.3 Å². The van der Waals surface area contributed by atoms with Crippen molar-refractivity contribution >= 4 is 17.6 Å². The van der Waals surface area contributed by atoms with E-state index in [0.717, 1.165) is 5.56 Å². The summed E-state index contributed by atoms with van der Waals surface area (Å²) in [6.07, 6.45) is -3.54. The van der Waals surface area contributed by atoms with E-state index in [-0.39, 0.29) is 44.0 Å². The zero-order valence-electron chi connectivity index (χ0n) is 31.5. The predicted octanol–water partition coefficient (Wildman–Crippen LogP) is 1.84. The van der Waals surface area contributed by atoms with Crippen LogP contribution < -0.4 is 10.6 Å². The molecule has 3 heterocycles. The Balaban J connectivity index is 2.13. The minimum absolute atomic E-state index is 0.144. The van der Waals surface area contributed by atoms with Crippen LogP contribution in [-0.4, -0.2) is 134 Å². The summed E-state index contributed by atoms with van der Waals surface area (Å²) in [7, 11) is 3.74. The first-order chi connectivity index (χ1) is 23.1. The Morgan fingerprint density at radius 1 is 1.14 bits per heavy atom. The van der Waals surface area contributed by atoms with Crippen LogP contribution in [0, 0.1) is 17.8 Å². The van der Waals surface area contributed by atoms with E-state index in [4.69, 9.17) is 25.8 Å². The Labute approximate surface area is 303 Å². The highest BCUT2D eigenvalue weighted by Crippen LogP contribution is 2.40. The third-order valence-electron chi connectivity index (χ3n) is 10.9. The predicted molar refractivity (Wildman–Crippen MR) is 190 cm³/mol. The highest BCUT2D eigenvalue weighted by atomic mass is 35.5. The van der Waals surface area contributed by atoms with Crippen molar-refractivity contribution in [3.8, 4) is 0 Å². The lowest BCUT2D eigenvalue weighted by Gasteiger charge is -2.49. The number of carbonyl (C=O) groups excluding carboxylic acids is 1. The molecule has 0 bridgehead atoms. The lowest BCUT2D eigenvalue weighted by atomic mass is 9.70. The topological polar surface area (TPSA) is 186 Å². The molecule has 1 aromatic heterocycles. The molecule has 288 valence electrons. The van der Waals surface area contributed by atoms with Gasteiger partial charge in [-0.3, -0.25) is 4.79 Å². The van der Waals surface area contributed by atoms with E-state index >= 15 is 0 Å². The summed E-state index contributed by atoms with van der Waals surface area (Å²) in [6.45, 7) is 14.1. The molecular formula is C36H63ClN4O9. The van der Waals surface area contributed by atoms with Crippen LogP contribution in [0.4, 0.5) is 0 Å². The van der Waals surface area contributed by atoms with Gasteiger partial charge in [0.1, 0.15) is 29.1 Å². The number of hydrogen-bond donors (Lipinski definition) is 7. The van der Waals surface area contributed by atoms with Gasteiger partial charge < -0.3 is 55.3 Å². The van der Waals surface area contributed by atoms with Crippen LogP contribution in [0.2, 0.25) is 5.15 Å². The van der Waals surface area contributed by atoms with E-state index in [1.165, 1.54) is 13.8 Å². The van der Waals surface area contributed by atoms with Gasteiger partial charge in [0.05, 0.1) is 29.3 Å². The number of aromatic nitrogens is 1. The zero-order valence-corrected chi connectivity index (χ0v) is 32.2. The van der Waals surface area contributed by atoms with Gasteiger partial charge in [-0.05, 0) is 98.1 Å². The van der Waals surface area contributed by atoms with Gasteiger partial charge in [-0.1, -0.05) is 32.4 Å². The Morgan fingerprint density at radius 2 is 1.80 bits per heavy atom. The van der Waals surface area contributed by atoms with Crippen LogP contribution in [0.25, 0.3) is 0 Å². The summed E-state index contributed by atoms with van der Waals surface area (Å²) in [5.74, 6) is -3.17. The van der Waals surface area contributed by atoms with Gasteiger partial charge in [0.25, 0.3) is 0 Å². The van der Waals surface area contributed by atoms with Crippen LogP contribution in [0.15, 0.2) is 18.3 Å². The van der Waals surface area contributed by atoms with Crippen molar-refractivity contribution < 1.29 is 44.5 Å². The van der Waals surface area contributed by atoms with E-state index in [1.54, 1.807) is 46.0 Å². The molecule has 0 radical (unpaired) electrons. The molecule has 2 aliphatic rings. The molecule has 1 aromatic rings. The monoisotopic (exact) mass is 730 g/mol. The molecule has 3 rings (SSSR count). The van der Waals surface area contributed by atoms with Gasteiger partial charge in [-0.25, -0.2) is 4.98 Å². The van der Waals surface area contributed by atoms with Crippen molar-refractivity contribution in [2.45, 2.75) is 147 Å². The van der Waals surface area contributed by atoms with Crippen LogP contribution in [0.5, 0.6) is 0 Å². The number of hydrogen-bond acceptors (Lipinski definition) is 13. The number of pyridine rings is 1. The standard InChI is InChI=1S/C36H63ClN4O9/c1-11-27-35(8,46)30(43)24(6)40-17-20(2)16-34(7,45)31(50-33-29(42)26(41(9)10)14-21(3)48-33)22(4)36(47,23(5)32(44)49-27)19-38-18-25-12-13-39-28(37)15-25/h12-13,15,20-24,26-27,29-31,33,38,40,42-43,45-47H,11,14,16-19H2,1-10H3/t20-,21-,22-,23?,24-,26+,27-,29-,30-,31-,33+,34+,35-,36-/m1/s1. The Morgan fingerprint density at radius 3 is 2.40 bits per heavy atom. The van der Waals surface area contributed by atoms with Crippen molar-refractivity contribution in [1.82, 2.24) is 20.5 Å². The van der Waals surface area contributed by atoms with Gasteiger partial charge in [0.2, 0.25) is 0 Å². The number of carbonyl (C=O) groups is 1. The number of nitrogens with one attached hydrogen (secondary N) is 2. The van der Waals surface area contributed by atoms with E-state index < -0.39 is 71.4 Å². The molecule has 0 aliphatic carbocycles. The summed E-state index contributed by atoms with van der Waals surface area (Å²) < 4.78 is 18.7. The molecule has 14 atom stereocenters. The maximum Gasteiger partial charge on any atom is 0.312 e. The highest BCUT2D eigenvalue weighted by Gasteiger charge is 2.54. The van der Waals surface area contributed by atoms with E-state index in [2.05, 4.69) is 15.6 Å². The Bertz CT molecular complexity index is 1240. The average molecular weight is 731 g/mol. The van der Waals surface area contributed by atoms with E-state index in [0.29, 0.717) is 18.1 Å². The highest BCUT2D eigenvalue weighted by molar-refractivity contribution is 6.29. The molecule has 0 amide bonds. The maximum absolute atomic E-state index is 14.0. The van der Waals surface area contributed by atoms with Crippen LogP contribution >= 0.6 is 11.6 Å². The molecule has 2 saturated heterocycles. The summed E-state index contributed by atoms with van der Waals surface area (Å²) in [5.41, 5.74) is -4.57.